The van der Waals surface area contributed by atoms with E-state index in [4.69, 9.17) is 11.6 Å². The number of rotatable bonds is 3. The number of benzene rings is 1. The fourth-order valence-corrected chi connectivity index (χ4v) is 1.59. The Morgan fingerprint density at radius 2 is 2.05 bits per heavy atom. The monoisotopic (exact) mass is 288 g/mol. The highest BCUT2D eigenvalue weighted by atomic mass is 35.5. The van der Waals surface area contributed by atoms with Crippen LogP contribution in [0.2, 0.25) is 5.02 Å². The smallest absolute Gasteiger partial charge is 0.291 e. The molecular formula is C14H13ClN4O. The van der Waals surface area contributed by atoms with Crippen LogP contribution in [0, 0.1) is 6.92 Å². The van der Waals surface area contributed by atoms with Crippen molar-refractivity contribution in [1.82, 2.24) is 10.4 Å². The van der Waals surface area contributed by atoms with Crippen molar-refractivity contribution in [2.24, 2.45) is 5.10 Å². The van der Waals surface area contributed by atoms with Gasteiger partial charge in [0.1, 0.15) is 5.82 Å². The molecule has 0 saturated heterocycles. The van der Waals surface area contributed by atoms with Crippen molar-refractivity contribution in [3.05, 3.63) is 58.7 Å². The van der Waals surface area contributed by atoms with Crippen molar-refractivity contribution in [3.63, 3.8) is 0 Å². The fourth-order valence-electron chi connectivity index (χ4n) is 1.47. The van der Waals surface area contributed by atoms with Crippen molar-refractivity contribution in [1.29, 1.82) is 0 Å². The van der Waals surface area contributed by atoms with Gasteiger partial charge in [-0.1, -0.05) is 29.8 Å². The Kier molecular flexibility index (Phi) is 4.68. The Morgan fingerprint density at radius 1 is 1.30 bits per heavy atom. The van der Waals surface area contributed by atoms with E-state index < -0.39 is 6.03 Å². The molecule has 6 heteroatoms. The zero-order valence-electron chi connectivity index (χ0n) is 10.8. The molecular weight excluding hydrogens is 276 g/mol. The second-order valence-corrected chi connectivity index (χ2v) is 4.48. The largest absolute Gasteiger partial charge is 0.340 e. The number of nitrogens with one attached hydrogen (secondary N) is 2. The van der Waals surface area contributed by atoms with E-state index in [1.165, 1.54) is 6.21 Å². The van der Waals surface area contributed by atoms with Gasteiger partial charge in [0, 0.05) is 11.2 Å². The highest BCUT2D eigenvalue weighted by Gasteiger charge is 2.03. The van der Waals surface area contributed by atoms with E-state index in [2.05, 4.69) is 20.8 Å². The van der Waals surface area contributed by atoms with Crippen molar-refractivity contribution in [3.8, 4) is 0 Å². The molecule has 0 aliphatic rings. The Balaban J connectivity index is 1.89. The summed E-state index contributed by atoms with van der Waals surface area (Å²) in [5.41, 5.74) is 4.08. The summed E-state index contributed by atoms with van der Waals surface area (Å²) in [5.74, 6) is 0.506. The molecule has 5 nitrogen and oxygen atoms in total. The van der Waals surface area contributed by atoms with Gasteiger partial charge in [0.05, 0.1) is 6.21 Å². The van der Waals surface area contributed by atoms with Crippen LogP contribution >= 0.6 is 11.6 Å². The van der Waals surface area contributed by atoms with Gasteiger partial charge in [-0.3, -0.25) is 5.32 Å². The third-order valence-electron chi connectivity index (χ3n) is 2.49. The second-order valence-electron chi connectivity index (χ2n) is 4.04. The Hall–Kier alpha value is -2.40. The minimum Gasteiger partial charge on any atom is -0.291 e. The van der Waals surface area contributed by atoms with E-state index in [1.807, 2.05) is 13.0 Å². The summed E-state index contributed by atoms with van der Waals surface area (Å²) in [6.45, 7) is 1.86. The summed E-state index contributed by atoms with van der Waals surface area (Å²) >= 11 is 5.77. The third-order valence-corrected chi connectivity index (χ3v) is 2.74. The highest BCUT2D eigenvalue weighted by Crippen LogP contribution is 2.09. The number of amides is 2. The number of anilines is 1. The lowest BCUT2D eigenvalue weighted by atomic mass is 10.2. The Morgan fingerprint density at radius 3 is 2.75 bits per heavy atom. The zero-order chi connectivity index (χ0) is 14.4. The topological polar surface area (TPSA) is 66.4 Å². The Bertz CT molecular complexity index is 625. The van der Waals surface area contributed by atoms with E-state index in [9.17, 15) is 4.79 Å². The number of aromatic nitrogens is 1. The second kappa shape index (κ2) is 6.68. The van der Waals surface area contributed by atoms with Crippen LogP contribution in [0.15, 0.2) is 47.7 Å². The molecule has 0 spiro atoms. The number of urea groups is 1. The number of aryl methyl sites for hydroxylation is 1. The standard InChI is InChI=1S/C14H13ClN4O/c1-10-3-2-8-16-13(10)18-14(20)19-17-9-11-4-6-12(15)7-5-11/h2-9H,1H3,(H2,16,18,19,20)/b17-9+. The molecule has 2 rings (SSSR count). The predicted octanol–water partition coefficient (Wildman–Crippen LogP) is 3.20. The van der Waals surface area contributed by atoms with Gasteiger partial charge in [-0.15, -0.1) is 0 Å². The van der Waals surface area contributed by atoms with Crippen LogP contribution < -0.4 is 10.7 Å². The summed E-state index contributed by atoms with van der Waals surface area (Å²) in [5, 5.41) is 7.10. The number of pyridine rings is 1. The van der Waals surface area contributed by atoms with E-state index in [-0.39, 0.29) is 0 Å². The van der Waals surface area contributed by atoms with Gasteiger partial charge in [-0.2, -0.15) is 5.10 Å². The zero-order valence-corrected chi connectivity index (χ0v) is 11.6. The van der Waals surface area contributed by atoms with Crippen LogP contribution in [0.25, 0.3) is 0 Å². The van der Waals surface area contributed by atoms with E-state index in [1.54, 1.807) is 36.5 Å². The van der Waals surface area contributed by atoms with E-state index in [0.29, 0.717) is 10.8 Å². The summed E-state index contributed by atoms with van der Waals surface area (Å²) < 4.78 is 0. The summed E-state index contributed by atoms with van der Waals surface area (Å²) in [6.07, 6.45) is 3.14. The first-order valence-corrected chi connectivity index (χ1v) is 6.30. The molecule has 20 heavy (non-hydrogen) atoms. The lowest BCUT2D eigenvalue weighted by molar-refractivity contribution is 0.252. The van der Waals surface area contributed by atoms with Crippen LogP contribution in [-0.2, 0) is 0 Å². The maximum Gasteiger partial charge on any atom is 0.340 e. The number of hydrazone groups is 1. The van der Waals surface area contributed by atoms with Crippen LogP contribution in [0.5, 0.6) is 0 Å². The molecule has 2 aromatic rings. The normalized spacial score (nSPS) is 10.5. The Labute approximate surface area is 121 Å². The molecule has 0 unspecified atom stereocenters. The molecule has 0 atom stereocenters. The molecule has 0 saturated carbocycles. The van der Waals surface area contributed by atoms with Crippen LogP contribution in [0.3, 0.4) is 0 Å². The average Bonchev–Trinajstić information content (AvgIpc) is 2.44. The van der Waals surface area contributed by atoms with Crippen molar-refractivity contribution >= 4 is 29.7 Å². The molecule has 2 N–H and O–H groups in total. The van der Waals surface area contributed by atoms with Gasteiger partial charge >= 0.3 is 6.03 Å². The lowest BCUT2D eigenvalue weighted by Crippen LogP contribution is -2.25. The van der Waals surface area contributed by atoms with Gasteiger partial charge < -0.3 is 0 Å². The first-order chi connectivity index (χ1) is 9.65. The molecule has 1 heterocycles. The predicted molar refractivity (Wildman–Crippen MR) is 80.2 cm³/mol. The van der Waals surface area contributed by atoms with Crippen LogP contribution in [0.4, 0.5) is 10.6 Å². The van der Waals surface area contributed by atoms with Crippen LogP contribution in [-0.4, -0.2) is 17.2 Å². The lowest BCUT2D eigenvalue weighted by Gasteiger charge is -2.05. The quantitative estimate of drug-likeness (QED) is 0.673. The van der Waals surface area contributed by atoms with E-state index in [0.717, 1.165) is 11.1 Å². The minimum absolute atomic E-state index is 0.447. The number of halogens is 1. The summed E-state index contributed by atoms with van der Waals surface area (Å²) in [6, 6.07) is 10.3. The average molecular weight is 289 g/mol. The van der Waals surface area contributed by atoms with Gasteiger partial charge in [0.25, 0.3) is 0 Å². The van der Waals surface area contributed by atoms with Crippen LogP contribution in [0.1, 0.15) is 11.1 Å². The maximum atomic E-state index is 11.6. The molecule has 0 aliphatic carbocycles. The van der Waals surface area contributed by atoms with Gasteiger partial charge in [0.15, 0.2) is 0 Å². The number of carbonyl (C=O) groups excluding carboxylic acids is 1. The fraction of sp³-hybridized carbons (Fsp3) is 0.0714. The number of hydrogen-bond donors (Lipinski definition) is 2. The van der Waals surface area contributed by atoms with Gasteiger partial charge in [-0.25, -0.2) is 15.2 Å². The van der Waals surface area contributed by atoms with Crippen molar-refractivity contribution < 1.29 is 4.79 Å². The number of nitrogens with zero attached hydrogens (tertiary/aromatic N) is 2. The first-order valence-electron chi connectivity index (χ1n) is 5.92. The van der Waals surface area contributed by atoms with E-state index >= 15 is 0 Å². The SMILES string of the molecule is Cc1cccnc1NC(=O)N/N=C/c1ccc(Cl)cc1. The molecule has 1 aromatic carbocycles. The van der Waals surface area contributed by atoms with Crippen molar-refractivity contribution in [2.75, 3.05) is 5.32 Å². The van der Waals surface area contributed by atoms with Gasteiger partial charge in [0.2, 0.25) is 0 Å². The molecule has 0 bridgehead atoms. The first kappa shape index (κ1) is 14.0. The number of carbonyl (C=O) groups is 1. The molecule has 2 amide bonds. The maximum absolute atomic E-state index is 11.6. The molecule has 0 fully saturated rings. The molecule has 102 valence electrons. The molecule has 1 aromatic heterocycles. The molecule has 0 aliphatic heterocycles. The summed E-state index contributed by atoms with van der Waals surface area (Å²) in [4.78, 5) is 15.7. The minimum atomic E-state index is -0.447. The van der Waals surface area contributed by atoms with Gasteiger partial charge in [-0.05, 0) is 36.2 Å². The summed E-state index contributed by atoms with van der Waals surface area (Å²) in [7, 11) is 0. The van der Waals surface area contributed by atoms with Crippen molar-refractivity contribution in [2.45, 2.75) is 6.92 Å². The highest BCUT2D eigenvalue weighted by molar-refractivity contribution is 6.30. The third kappa shape index (κ3) is 4.07. The molecule has 0 radical (unpaired) electrons. The number of hydrogen-bond acceptors (Lipinski definition) is 3.